The van der Waals surface area contributed by atoms with E-state index in [1.807, 2.05) is 12.1 Å². The highest BCUT2D eigenvalue weighted by molar-refractivity contribution is 5.96. The van der Waals surface area contributed by atoms with Gasteiger partial charge in [-0.15, -0.1) is 0 Å². The molecule has 2 heterocycles. The first-order valence-corrected chi connectivity index (χ1v) is 10.2. The first-order valence-electron chi connectivity index (χ1n) is 10.2. The minimum absolute atomic E-state index is 0.182. The van der Waals surface area contributed by atoms with E-state index in [0.717, 1.165) is 31.5 Å². The fourth-order valence-corrected chi connectivity index (χ4v) is 5.61. The normalized spacial score (nSPS) is 30.1. The molecule has 27 heavy (non-hydrogen) atoms. The molecule has 3 aliphatic rings. The zero-order chi connectivity index (χ0) is 18.5. The SMILES string of the molecule is [NH3+][C@]12Nc3ccccc3[C@@]1(Cc1ccccc1)CN(C1CCCCC1)C2=O. The molecule has 2 aliphatic heterocycles. The van der Waals surface area contributed by atoms with E-state index in [1.165, 1.54) is 30.4 Å². The van der Waals surface area contributed by atoms with Crippen LogP contribution in [0.3, 0.4) is 0 Å². The highest BCUT2D eigenvalue weighted by atomic mass is 16.2. The highest BCUT2D eigenvalue weighted by Crippen LogP contribution is 2.52. The van der Waals surface area contributed by atoms with Gasteiger partial charge in [-0.2, -0.15) is 0 Å². The van der Waals surface area contributed by atoms with Crippen molar-refractivity contribution in [2.24, 2.45) is 0 Å². The monoisotopic (exact) mass is 362 g/mol. The van der Waals surface area contributed by atoms with Crippen LogP contribution < -0.4 is 11.1 Å². The average Bonchev–Trinajstić information content (AvgIpc) is 3.08. The van der Waals surface area contributed by atoms with Crippen molar-refractivity contribution in [1.29, 1.82) is 0 Å². The molecule has 1 aliphatic carbocycles. The fourth-order valence-electron chi connectivity index (χ4n) is 5.61. The number of carbonyl (C=O) groups excluding carboxylic acids is 1. The van der Waals surface area contributed by atoms with Crippen LogP contribution in [0.5, 0.6) is 0 Å². The molecule has 1 saturated carbocycles. The molecule has 4 N–H and O–H groups in total. The molecule has 0 aromatic heterocycles. The zero-order valence-electron chi connectivity index (χ0n) is 15.8. The number of hydrogen-bond donors (Lipinski definition) is 2. The molecule has 0 unspecified atom stereocenters. The molecule has 5 rings (SSSR count). The maximum Gasteiger partial charge on any atom is 0.307 e. The molecular formula is C23H28N3O+. The lowest BCUT2D eigenvalue weighted by Gasteiger charge is -2.33. The maximum atomic E-state index is 13.7. The van der Waals surface area contributed by atoms with Crippen molar-refractivity contribution in [3.63, 3.8) is 0 Å². The van der Waals surface area contributed by atoms with E-state index in [1.54, 1.807) is 0 Å². The summed E-state index contributed by atoms with van der Waals surface area (Å²) in [6.07, 6.45) is 6.85. The van der Waals surface area contributed by atoms with Gasteiger partial charge >= 0.3 is 5.91 Å². The van der Waals surface area contributed by atoms with Crippen LogP contribution >= 0.6 is 0 Å². The van der Waals surface area contributed by atoms with Crippen molar-refractivity contribution in [3.8, 4) is 0 Å². The molecular weight excluding hydrogens is 334 g/mol. The summed E-state index contributed by atoms with van der Waals surface area (Å²) in [6, 6.07) is 19.3. The molecule has 2 atom stereocenters. The molecule has 2 aromatic carbocycles. The number of carbonyl (C=O) groups is 1. The molecule has 2 aromatic rings. The Hall–Kier alpha value is -2.33. The van der Waals surface area contributed by atoms with Crippen LogP contribution in [0.25, 0.3) is 0 Å². The molecule has 0 spiro atoms. The number of nitrogens with one attached hydrogen (secondary N) is 1. The van der Waals surface area contributed by atoms with Gasteiger partial charge in [-0.25, -0.2) is 0 Å². The van der Waals surface area contributed by atoms with Crippen LogP contribution in [0.1, 0.15) is 43.2 Å². The number of fused-ring (bicyclic) bond motifs is 3. The lowest BCUT2D eigenvalue weighted by molar-refractivity contribution is -0.459. The predicted molar refractivity (Wildman–Crippen MR) is 106 cm³/mol. The number of nitrogens with zero attached hydrogens (tertiary/aromatic N) is 1. The van der Waals surface area contributed by atoms with E-state index in [4.69, 9.17) is 0 Å². The van der Waals surface area contributed by atoms with Crippen molar-refractivity contribution in [1.82, 2.24) is 4.90 Å². The molecule has 140 valence electrons. The fraction of sp³-hybridized carbons (Fsp3) is 0.435. The van der Waals surface area contributed by atoms with Crippen LogP contribution in [0.4, 0.5) is 5.69 Å². The molecule has 1 amide bonds. The number of anilines is 1. The number of amides is 1. The van der Waals surface area contributed by atoms with Crippen molar-refractivity contribution in [3.05, 3.63) is 65.7 Å². The minimum atomic E-state index is -0.816. The van der Waals surface area contributed by atoms with Crippen molar-refractivity contribution in [2.75, 3.05) is 11.9 Å². The third-order valence-electron chi connectivity index (χ3n) is 7.04. The van der Waals surface area contributed by atoms with Crippen LogP contribution in [-0.4, -0.2) is 29.1 Å². The minimum Gasteiger partial charge on any atom is -0.331 e. The smallest absolute Gasteiger partial charge is 0.307 e. The Morgan fingerprint density at radius 1 is 1.00 bits per heavy atom. The van der Waals surface area contributed by atoms with Gasteiger partial charge in [0.05, 0.1) is 0 Å². The number of quaternary nitrogens is 1. The number of likely N-dealkylation sites (tertiary alicyclic amines) is 1. The van der Waals surface area contributed by atoms with Crippen LogP contribution in [0.2, 0.25) is 0 Å². The Morgan fingerprint density at radius 2 is 1.70 bits per heavy atom. The van der Waals surface area contributed by atoms with Crippen LogP contribution in [0, 0.1) is 0 Å². The maximum absolute atomic E-state index is 13.7. The van der Waals surface area contributed by atoms with Crippen molar-refractivity contribution < 1.29 is 10.5 Å². The third kappa shape index (κ3) is 2.36. The second kappa shape index (κ2) is 6.10. The van der Waals surface area contributed by atoms with Gasteiger partial charge in [0.2, 0.25) is 0 Å². The molecule has 4 nitrogen and oxygen atoms in total. The van der Waals surface area contributed by atoms with Gasteiger partial charge in [0.15, 0.2) is 0 Å². The van der Waals surface area contributed by atoms with E-state index >= 15 is 0 Å². The first kappa shape index (κ1) is 16.8. The summed E-state index contributed by atoms with van der Waals surface area (Å²) in [5, 5.41) is 3.55. The van der Waals surface area contributed by atoms with Gasteiger partial charge in [0.1, 0.15) is 5.41 Å². The number of rotatable bonds is 3. The average molecular weight is 362 g/mol. The van der Waals surface area contributed by atoms with E-state index in [-0.39, 0.29) is 11.3 Å². The second-order valence-electron chi connectivity index (χ2n) is 8.55. The largest absolute Gasteiger partial charge is 0.331 e. The van der Waals surface area contributed by atoms with Gasteiger partial charge in [0.25, 0.3) is 5.66 Å². The summed E-state index contributed by atoms with van der Waals surface area (Å²) < 4.78 is 0. The third-order valence-corrected chi connectivity index (χ3v) is 7.04. The summed E-state index contributed by atoms with van der Waals surface area (Å²) in [6.45, 7) is 0.763. The summed E-state index contributed by atoms with van der Waals surface area (Å²) in [5.74, 6) is 0.182. The van der Waals surface area contributed by atoms with E-state index in [2.05, 4.69) is 58.4 Å². The zero-order valence-corrected chi connectivity index (χ0v) is 15.8. The van der Waals surface area contributed by atoms with Crippen molar-refractivity contribution >= 4 is 11.6 Å². The topological polar surface area (TPSA) is 60.0 Å². The second-order valence-corrected chi connectivity index (χ2v) is 8.55. The Labute approximate surface area is 160 Å². The quantitative estimate of drug-likeness (QED) is 0.882. The number of hydrogen-bond acceptors (Lipinski definition) is 2. The van der Waals surface area contributed by atoms with Crippen LogP contribution in [-0.2, 0) is 16.6 Å². The Kier molecular flexibility index (Phi) is 3.80. The van der Waals surface area contributed by atoms with E-state index in [9.17, 15) is 4.79 Å². The Morgan fingerprint density at radius 3 is 2.48 bits per heavy atom. The van der Waals surface area contributed by atoms with Crippen molar-refractivity contribution in [2.45, 2.75) is 55.6 Å². The van der Waals surface area contributed by atoms with Gasteiger partial charge in [-0.05, 0) is 36.5 Å². The van der Waals surface area contributed by atoms with Gasteiger partial charge in [-0.3, -0.25) is 4.79 Å². The molecule has 0 bridgehead atoms. The molecule has 1 saturated heterocycles. The lowest BCUT2D eigenvalue weighted by atomic mass is 9.70. The molecule has 2 fully saturated rings. The number of benzene rings is 2. The Balaban J connectivity index is 1.61. The predicted octanol–water partition coefficient (Wildman–Crippen LogP) is 2.71. The lowest BCUT2D eigenvalue weighted by Crippen LogP contribution is -2.85. The summed E-state index contributed by atoms with van der Waals surface area (Å²) in [4.78, 5) is 15.8. The number of para-hydroxylation sites is 1. The van der Waals surface area contributed by atoms with E-state index in [0.29, 0.717) is 6.04 Å². The Bertz CT molecular complexity index is 861. The molecule has 0 radical (unpaired) electrons. The van der Waals surface area contributed by atoms with E-state index < -0.39 is 5.66 Å². The summed E-state index contributed by atoms with van der Waals surface area (Å²) in [7, 11) is 0. The van der Waals surface area contributed by atoms with Gasteiger partial charge in [-0.1, -0.05) is 67.8 Å². The van der Waals surface area contributed by atoms with Gasteiger partial charge in [0, 0.05) is 18.3 Å². The van der Waals surface area contributed by atoms with Crippen LogP contribution in [0.15, 0.2) is 54.6 Å². The first-order chi connectivity index (χ1) is 13.1. The summed E-state index contributed by atoms with van der Waals surface area (Å²) in [5.41, 5.74) is 6.98. The van der Waals surface area contributed by atoms with Gasteiger partial charge < -0.3 is 16.0 Å². The summed E-state index contributed by atoms with van der Waals surface area (Å²) >= 11 is 0. The standard InChI is InChI=1S/C23H27N3O/c24-23-21(27)26(18-11-5-2-6-12-18)16-22(23,15-17-9-3-1-4-10-17)19-13-7-8-14-20(19)25-23/h1,3-4,7-10,13-14,18,25H,2,5-6,11-12,15-16,24H2/p+1/t22-,23-/m1/s1. The molecule has 4 heteroatoms. The highest BCUT2D eigenvalue weighted by Gasteiger charge is 2.70.